The van der Waals surface area contributed by atoms with E-state index in [1.807, 2.05) is 26.8 Å². The lowest BCUT2D eigenvalue weighted by atomic mass is 9.92. The summed E-state index contributed by atoms with van der Waals surface area (Å²) in [7, 11) is -4.13. The number of nitrogens with zero attached hydrogens (tertiary/aromatic N) is 3. The standard InChI is InChI=1S/C15H24F3N5O2S/c1-14(2,3)12-4-7-19-13(22-12)21-11-5-8-23(9-6-11)26(24,25)20-10-15(16,17)18/h4,7,11,20H,5-6,8-10H2,1-3H3,(H,19,21,22). The predicted octanol–water partition coefficient (Wildman–Crippen LogP) is 2.05. The van der Waals surface area contributed by atoms with Crippen LogP contribution in [0.25, 0.3) is 0 Å². The molecule has 2 N–H and O–H groups in total. The van der Waals surface area contributed by atoms with E-state index >= 15 is 0 Å². The van der Waals surface area contributed by atoms with E-state index in [-0.39, 0.29) is 24.5 Å². The van der Waals surface area contributed by atoms with Gasteiger partial charge in [-0.25, -0.2) is 9.97 Å². The van der Waals surface area contributed by atoms with Gasteiger partial charge in [-0.05, 0) is 18.9 Å². The fraction of sp³-hybridized carbons (Fsp3) is 0.733. The second kappa shape index (κ2) is 7.65. The summed E-state index contributed by atoms with van der Waals surface area (Å²) in [4.78, 5) is 8.65. The van der Waals surface area contributed by atoms with Crippen molar-refractivity contribution in [3.8, 4) is 0 Å². The van der Waals surface area contributed by atoms with E-state index in [0.717, 1.165) is 10.00 Å². The first-order chi connectivity index (χ1) is 11.9. The molecule has 1 saturated heterocycles. The van der Waals surface area contributed by atoms with Gasteiger partial charge in [-0.15, -0.1) is 0 Å². The second-order valence-corrected chi connectivity index (χ2v) is 9.03. The van der Waals surface area contributed by atoms with Crippen LogP contribution in [0.5, 0.6) is 0 Å². The zero-order valence-corrected chi connectivity index (χ0v) is 15.8. The normalized spacial score (nSPS) is 18.1. The molecule has 2 heterocycles. The summed E-state index contributed by atoms with van der Waals surface area (Å²) in [5.41, 5.74) is 0.757. The molecule has 1 aromatic rings. The summed E-state index contributed by atoms with van der Waals surface area (Å²) in [6, 6.07) is 1.80. The molecule has 0 spiro atoms. The van der Waals surface area contributed by atoms with Gasteiger partial charge in [0.25, 0.3) is 10.2 Å². The number of hydrogen-bond acceptors (Lipinski definition) is 5. The van der Waals surface area contributed by atoms with Crippen LogP contribution in [-0.2, 0) is 15.6 Å². The number of aromatic nitrogens is 2. The minimum atomic E-state index is -4.58. The highest BCUT2D eigenvalue weighted by atomic mass is 32.2. The van der Waals surface area contributed by atoms with Crippen LogP contribution >= 0.6 is 0 Å². The first-order valence-electron chi connectivity index (χ1n) is 8.28. The smallest absolute Gasteiger partial charge is 0.351 e. The highest BCUT2D eigenvalue weighted by molar-refractivity contribution is 7.87. The number of piperidine rings is 1. The molecule has 7 nitrogen and oxygen atoms in total. The summed E-state index contributed by atoms with van der Waals surface area (Å²) < 4.78 is 63.1. The average molecular weight is 395 g/mol. The second-order valence-electron chi connectivity index (χ2n) is 7.27. The van der Waals surface area contributed by atoms with Crippen LogP contribution in [0, 0.1) is 0 Å². The molecule has 1 aromatic heterocycles. The molecular formula is C15H24F3N5O2S. The van der Waals surface area contributed by atoms with Crippen LogP contribution in [0.1, 0.15) is 39.3 Å². The maximum absolute atomic E-state index is 12.2. The van der Waals surface area contributed by atoms with E-state index in [9.17, 15) is 21.6 Å². The van der Waals surface area contributed by atoms with Crippen molar-refractivity contribution in [2.75, 3.05) is 25.0 Å². The highest BCUT2D eigenvalue weighted by Crippen LogP contribution is 2.22. The van der Waals surface area contributed by atoms with Crippen LogP contribution in [0.15, 0.2) is 12.3 Å². The Morgan fingerprint density at radius 1 is 1.23 bits per heavy atom. The summed E-state index contributed by atoms with van der Waals surface area (Å²) in [5.74, 6) is 0.467. The van der Waals surface area contributed by atoms with Crippen molar-refractivity contribution >= 4 is 16.2 Å². The predicted molar refractivity (Wildman–Crippen MR) is 91.9 cm³/mol. The molecule has 0 bridgehead atoms. The lowest BCUT2D eigenvalue weighted by Crippen LogP contribution is -2.49. The Morgan fingerprint density at radius 3 is 2.38 bits per heavy atom. The topological polar surface area (TPSA) is 87.2 Å². The Morgan fingerprint density at radius 2 is 1.85 bits per heavy atom. The summed E-state index contributed by atoms with van der Waals surface area (Å²) in [5, 5.41) is 3.18. The van der Waals surface area contributed by atoms with E-state index in [0.29, 0.717) is 18.8 Å². The van der Waals surface area contributed by atoms with Gasteiger partial charge in [0.15, 0.2) is 0 Å². The quantitative estimate of drug-likeness (QED) is 0.797. The number of rotatable bonds is 5. The van der Waals surface area contributed by atoms with E-state index in [1.165, 1.54) is 0 Å². The molecule has 0 saturated carbocycles. The largest absolute Gasteiger partial charge is 0.402 e. The van der Waals surface area contributed by atoms with Gasteiger partial charge in [0.1, 0.15) is 6.54 Å². The van der Waals surface area contributed by atoms with E-state index in [2.05, 4.69) is 15.3 Å². The van der Waals surface area contributed by atoms with Crippen molar-refractivity contribution in [2.24, 2.45) is 0 Å². The van der Waals surface area contributed by atoms with Crippen molar-refractivity contribution in [3.63, 3.8) is 0 Å². The summed E-state index contributed by atoms with van der Waals surface area (Å²) >= 11 is 0. The fourth-order valence-corrected chi connectivity index (χ4v) is 3.75. The van der Waals surface area contributed by atoms with Crippen molar-refractivity contribution in [1.82, 2.24) is 19.0 Å². The Kier molecular flexibility index (Phi) is 6.13. The third kappa shape index (κ3) is 6.06. The third-order valence-electron chi connectivity index (χ3n) is 4.01. The fourth-order valence-electron chi connectivity index (χ4n) is 2.53. The molecule has 1 fully saturated rings. The molecule has 11 heteroatoms. The monoisotopic (exact) mass is 395 g/mol. The molecular weight excluding hydrogens is 371 g/mol. The average Bonchev–Trinajstić information content (AvgIpc) is 2.53. The maximum atomic E-state index is 12.2. The van der Waals surface area contributed by atoms with Crippen LogP contribution in [0.4, 0.5) is 19.1 Å². The molecule has 0 aromatic carbocycles. The Bertz CT molecular complexity index is 711. The SMILES string of the molecule is CC(C)(C)c1ccnc(NC2CCN(S(=O)(=O)NCC(F)(F)F)CC2)n1. The van der Waals surface area contributed by atoms with E-state index in [4.69, 9.17) is 0 Å². The van der Waals surface area contributed by atoms with Gasteiger partial charge in [0.2, 0.25) is 5.95 Å². The molecule has 26 heavy (non-hydrogen) atoms. The van der Waals surface area contributed by atoms with E-state index < -0.39 is 22.9 Å². The van der Waals surface area contributed by atoms with E-state index in [1.54, 1.807) is 10.9 Å². The van der Waals surface area contributed by atoms with Gasteiger partial charge in [0.05, 0.1) is 5.69 Å². The zero-order valence-electron chi connectivity index (χ0n) is 15.0. The van der Waals surface area contributed by atoms with Gasteiger partial charge in [-0.2, -0.15) is 30.6 Å². The maximum Gasteiger partial charge on any atom is 0.402 e. The molecule has 2 rings (SSSR count). The number of hydrogen-bond donors (Lipinski definition) is 2. The van der Waals surface area contributed by atoms with Crippen LogP contribution in [0.3, 0.4) is 0 Å². The first-order valence-corrected chi connectivity index (χ1v) is 9.72. The van der Waals surface area contributed by atoms with Gasteiger partial charge in [-0.3, -0.25) is 0 Å². The zero-order chi connectivity index (χ0) is 19.6. The highest BCUT2D eigenvalue weighted by Gasteiger charge is 2.33. The Labute approximate surface area is 151 Å². The molecule has 1 aliphatic heterocycles. The third-order valence-corrected chi connectivity index (χ3v) is 5.56. The lowest BCUT2D eigenvalue weighted by Gasteiger charge is -2.31. The molecule has 0 aliphatic carbocycles. The molecule has 0 atom stereocenters. The molecule has 1 aliphatic rings. The van der Waals surface area contributed by atoms with Crippen LogP contribution < -0.4 is 10.0 Å². The molecule has 0 amide bonds. The van der Waals surface area contributed by atoms with Gasteiger partial charge in [0, 0.05) is 30.7 Å². The minimum Gasteiger partial charge on any atom is -0.351 e. The summed E-state index contributed by atoms with van der Waals surface area (Å²) in [6.07, 6.45) is -2.01. The lowest BCUT2D eigenvalue weighted by molar-refractivity contribution is -0.121. The van der Waals surface area contributed by atoms with Crippen molar-refractivity contribution < 1.29 is 21.6 Å². The number of nitrogens with one attached hydrogen (secondary N) is 2. The Balaban J connectivity index is 1.91. The van der Waals surface area contributed by atoms with Gasteiger partial charge in [-0.1, -0.05) is 20.8 Å². The molecule has 148 valence electrons. The number of alkyl halides is 3. The minimum absolute atomic E-state index is 0.0423. The summed E-state index contributed by atoms with van der Waals surface area (Å²) in [6.45, 7) is 4.80. The number of anilines is 1. The van der Waals surface area contributed by atoms with Crippen LogP contribution in [-0.4, -0.2) is 54.5 Å². The van der Waals surface area contributed by atoms with Gasteiger partial charge >= 0.3 is 6.18 Å². The van der Waals surface area contributed by atoms with Crippen molar-refractivity contribution in [3.05, 3.63) is 18.0 Å². The molecule has 0 unspecified atom stereocenters. The van der Waals surface area contributed by atoms with Crippen molar-refractivity contribution in [2.45, 2.75) is 51.2 Å². The van der Waals surface area contributed by atoms with Gasteiger partial charge < -0.3 is 5.32 Å². The number of halogens is 3. The van der Waals surface area contributed by atoms with Crippen molar-refractivity contribution in [1.29, 1.82) is 0 Å². The van der Waals surface area contributed by atoms with Crippen LogP contribution in [0.2, 0.25) is 0 Å². The first kappa shape index (κ1) is 20.8. The Hall–Kier alpha value is -1.46. The molecule has 0 radical (unpaired) electrons.